The highest BCUT2D eigenvalue weighted by molar-refractivity contribution is 7.99. The molecule has 0 aromatic rings. The minimum absolute atomic E-state index is 0.998. The van der Waals surface area contributed by atoms with Gasteiger partial charge in [0.05, 0.1) is 0 Å². The lowest BCUT2D eigenvalue weighted by atomic mass is 9.87. The summed E-state index contributed by atoms with van der Waals surface area (Å²) in [6.45, 7) is 4.61. The second-order valence-electron chi connectivity index (χ2n) is 8.45. The smallest absolute Gasteiger partial charge is 0.00472 e. The van der Waals surface area contributed by atoms with Gasteiger partial charge in [-0.25, -0.2) is 0 Å². The molecule has 156 valence electrons. The van der Waals surface area contributed by atoms with Gasteiger partial charge in [-0.3, -0.25) is 0 Å². The van der Waals surface area contributed by atoms with Crippen molar-refractivity contribution >= 4 is 23.5 Å². The first-order valence-corrected chi connectivity index (χ1v) is 14.3. The van der Waals surface area contributed by atoms with Crippen LogP contribution >= 0.6 is 23.5 Å². The van der Waals surface area contributed by atoms with E-state index < -0.39 is 0 Å². The zero-order chi connectivity index (χ0) is 18.7. The molecule has 0 spiro atoms. The predicted molar refractivity (Wildman–Crippen MR) is 127 cm³/mol. The van der Waals surface area contributed by atoms with E-state index in [0.29, 0.717) is 0 Å². The first-order chi connectivity index (χ1) is 12.9. The Morgan fingerprint density at radius 1 is 0.577 bits per heavy atom. The summed E-state index contributed by atoms with van der Waals surface area (Å²) in [6.07, 6.45) is 24.9. The van der Waals surface area contributed by atoms with Gasteiger partial charge in [0.1, 0.15) is 0 Å². The van der Waals surface area contributed by atoms with Crippen molar-refractivity contribution < 1.29 is 0 Å². The molecule has 0 amide bonds. The summed E-state index contributed by atoms with van der Waals surface area (Å²) in [5.41, 5.74) is 0. The highest BCUT2D eigenvalue weighted by Gasteiger charge is 2.20. The fourth-order valence-electron chi connectivity index (χ4n) is 4.06. The third kappa shape index (κ3) is 14.7. The Bertz CT molecular complexity index is 271. The van der Waals surface area contributed by atoms with Crippen molar-refractivity contribution in [3.05, 3.63) is 0 Å². The maximum Gasteiger partial charge on any atom is 0.00472 e. The van der Waals surface area contributed by atoms with Crippen molar-refractivity contribution in [2.45, 2.75) is 128 Å². The van der Waals surface area contributed by atoms with Gasteiger partial charge in [0, 0.05) is 5.25 Å². The molecule has 0 aliphatic heterocycles. The molecule has 0 aromatic carbocycles. The van der Waals surface area contributed by atoms with E-state index in [1.54, 1.807) is 0 Å². The van der Waals surface area contributed by atoms with Crippen LogP contribution in [0.15, 0.2) is 0 Å². The third-order valence-electron chi connectivity index (χ3n) is 5.96. The van der Waals surface area contributed by atoms with Crippen LogP contribution in [0.4, 0.5) is 0 Å². The molecule has 0 bridgehead atoms. The molecule has 0 heterocycles. The van der Waals surface area contributed by atoms with Crippen LogP contribution < -0.4 is 0 Å². The summed E-state index contributed by atoms with van der Waals surface area (Å²) in [5.74, 6) is 5.32. The van der Waals surface area contributed by atoms with Crippen LogP contribution in [0, 0.1) is 5.92 Å². The lowest BCUT2D eigenvalue weighted by Gasteiger charge is -2.28. The molecule has 1 aliphatic rings. The Hall–Kier alpha value is 0.700. The van der Waals surface area contributed by atoms with Crippen molar-refractivity contribution in [1.29, 1.82) is 0 Å². The molecular formula is C24H48S2. The van der Waals surface area contributed by atoms with Gasteiger partial charge in [0.15, 0.2) is 0 Å². The van der Waals surface area contributed by atoms with Crippen molar-refractivity contribution in [1.82, 2.24) is 0 Å². The molecule has 26 heavy (non-hydrogen) atoms. The second kappa shape index (κ2) is 19.0. The standard InChI is InChI=1S/C24H48S2/c1-3-5-7-9-11-13-20-25-22-19-23-15-17-24(18-16-23)26-21-14-12-10-8-6-4-2/h23-24H,3-22H2,1-2H3. The van der Waals surface area contributed by atoms with E-state index in [1.807, 2.05) is 0 Å². The molecule has 0 saturated heterocycles. The van der Waals surface area contributed by atoms with E-state index in [9.17, 15) is 0 Å². The van der Waals surface area contributed by atoms with Crippen molar-refractivity contribution in [2.24, 2.45) is 5.92 Å². The molecule has 0 aromatic heterocycles. The van der Waals surface area contributed by atoms with E-state index in [4.69, 9.17) is 0 Å². The van der Waals surface area contributed by atoms with Gasteiger partial charge in [-0.05, 0) is 68.1 Å². The monoisotopic (exact) mass is 400 g/mol. The molecule has 1 fully saturated rings. The van der Waals surface area contributed by atoms with Crippen LogP contribution in [0.1, 0.15) is 123 Å². The van der Waals surface area contributed by atoms with Gasteiger partial charge in [-0.1, -0.05) is 78.1 Å². The van der Waals surface area contributed by atoms with Crippen LogP contribution in [-0.2, 0) is 0 Å². The minimum Gasteiger partial charge on any atom is -0.162 e. The average molecular weight is 401 g/mol. The molecule has 1 rings (SSSR count). The maximum atomic E-state index is 2.31. The summed E-state index contributed by atoms with van der Waals surface area (Å²) in [5, 5.41) is 0.998. The van der Waals surface area contributed by atoms with Crippen LogP contribution in [0.5, 0.6) is 0 Å². The predicted octanol–water partition coefficient (Wildman–Crippen LogP) is 9.12. The normalized spacial score (nSPS) is 20.5. The first kappa shape index (κ1) is 24.7. The van der Waals surface area contributed by atoms with E-state index in [1.165, 1.54) is 126 Å². The maximum absolute atomic E-state index is 2.31. The molecule has 0 radical (unpaired) electrons. The minimum atomic E-state index is 0.998. The van der Waals surface area contributed by atoms with Crippen LogP contribution in [0.2, 0.25) is 0 Å². The largest absolute Gasteiger partial charge is 0.162 e. The zero-order valence-electron chi connectivity index (χ0n) is 18.1. The summed E-state index contributed by atoms with van der Waals surface area (Å²) in [6, 6.07) is 0. The first-order valence-electron chi connectivity index (χ1n) is 12.1. The van der Waals surface area contributed by atoms with Crippen LogP contribution in [0.3, 0.4) is 0 Å². The SMILES string of the molecule is CCCCCCCCSCCC1CCC(SCCCCCCCC)CC1. The average Bonchev–Trinajstić information content (AvgIpc) is 2.67. The van der Waals surface area contributed by atoms with Crippen molar-refractivity contribution in [2.75, 3.05) is 17.3 Å². The van der Waals surface area contributed by atoms with E-state index in [2.05, 4.69) is 37.4 Å². The van der Waals surface area contributed by atoms with Gasteiger partial charge >= 0.3 is 0 Å². The molecule has 0 atom stereocenters. The summed E-state index contributed by atoms with van der Waals surface area (Å²) in [7, 11) is 0. The van der Waals surface area contributed by atoms with Crippen molar-refractivity contribution in [3.63, 3.8) is 0 Å². The lowest BCUT2D eigenvalue weighted by Crippen LogP contribution is -2.17. The number of unbranched alkanes of at least 4 members (excludes halogenated alkanes) is 10. The molecule has 2 heteroatoms. The summed E-state index contributed by atoms with van der Waals surface area (Å²) < 4.78 is 0. The van der Waals surface area contributed by atoms with Gasteiger partial charge in [-0.15, -0.1) is 0 Å². The molecule has 0 nitrogen and oxygen atoms in total. The van der Waals surface area contributed by atoms with Gasteiger partial charge < -0.3 is 0 Å². The van der Waals surface area contributed by atoms with E-state index in [0.717, 1.165) is 11.2 Å². The van der Waals surface area contributed by atoms with E-state index in [-0.39, 0.29) is 0 Å². The van der Waals surface area contributed by atoms with E-state index >= 15 is 0 Å². The van der Waals surface area contributed by atoms with Crippen LogP contribution in [0.25, 0.3) is 0 Å². The Morgan fingerprint density at radius 3 is 1.73 bits per heavy atom. The number of hydrogen-bond acceptors (Lipinski definition) is 2. The van der Waals surface area contributed by atoms with Crippen LogP contribution in [-0.4, -0.2) is 22.5 Å². The number of thioether (sulfide) groups is 2. The Balaban J connectivity index is 1.83. The number of rotatable bonds is 18. The fourth-order valence-corrected chi connectivity index (χ4v) is 6.48. The molecule has 1 saturated carbocycles. The summed E-state index contributed by atoms with van der Waals surface area (Å²) >= 11 is 4.53. The topological polar surface area (TPSA) is 0 Å². The Morgan fingerprint density at radius 2 is 1.12 bits per heavy atom. The highest BCUT2D eigenvalue weighted by atomic mass is 32.2. The Kier molecular flexibility index (Phi) is 18.1. The summed E-state index contributed by atoms with van der Waals surface area (Å²) in [4.78, 5) is 0. The lowest BCUT2D eigenvalue weighted by molar-refractivity contribution is 0.358. The molecule has 0 N–H and O–H groups in total. The molecular weight excluding hydrogens is 352 g/mol. The highest BCUT2D eigenvalue weighted by Crippen LogP contribution is 2.34. The third-order valence-corrected chi connectivity index (χ3v) is 8.53. The van der Waals surface area contributed by atoms with Crippen molar-refractivity contribution in [3.8, 4) is 0 Å². The Labute approximate surface area is 174 Å². The van der Waals surface area contributed by atoms with Gasteiger partial charge in [-0.2, -0.15) is 23.5 Å². The quantitative estimate of drug-likeness (QED) is 0.210. The number of hydrogen-bond donors (Lipinski definition) is 0. The second-order valence-corrected chi connectivity index (χ2v) is 11.1. The fraction of sp³-hybridized carbons (Fsp3) is 1.00. The van der Waals surface area contributed by atoms with Gasteiger partial charge in [0.2, 0.25) is 0 Å². The zero-order valence-corrected chi connectivity index (χ0v) is 19.7. The van der Waals surface area contributed by atoms with Gasteiger partial charge in [0.25, 0.3) is 0 Å². The molecule has 0 unspecified atom stereocenters. The molecule has 1 aliphatic carbocycles.